The Morgan fingerprint density at radius 1 is 1.50 bits per heavy atom. The fourth-order valence-corrected chi connectivity index (χ4v) is 2.81. The molecule has 1 aromatic heterocycles. The lowest BCUT2D eigenvalue weighted by molar-refractivity contribution is -0.136. The molecule has 0 aliphatic heterocycles. The number of nitrogens with zero attached hydrogens (tertiary/aromatic N) is 1. The van der Waals surface area contributed by atoms with Crippen LogP contribution in [0.15, 0.2) is 18.2 Å². The number of rotatable bonds is 5. The summed E-state index contributed by atoms with van der Waals surface area (Å²) in [5.41, 5.74) is 8.18. The second kappa shape index (κ2) is 5.92. The first-order valence-corrected chi connectivity index (χ1v) is 7.03. The van der Waals surface area contributed by atoms with Crippen molar-refractivity contribution in [3.05, 3.63) is 28.6 Å². The molecule has 0 spiro atoms. The van der Waals surface area contributed by atoms with Crippen molar-refractivity contribution >= 4 is 22.4 Å². The van der Waals surface area contributed by atoms with E-state index in [2.05, 4.69) is 4.98 Å². The van der Waals surface area contributed by atoms with Crippen molar-refractivity contribution in [3.8, 4) is 17.0 Å². The third-order valence-corrected chi connectivity index (χ3v) is 3.66. The van der Waals surface area contributed by atoms with E-state index in [0.717, 1.165) is 16.9 Å². The molecular formula is C14H16N2O3S. The highest BCUT2D eigenvalue weighted by Crippen LogP contribution is 2.32. The SMILES string of the molecule is CCOc1ccc(-c2nc(N)sc2CC(=O)O)cc1C. The van der Waals surface area contributed by atoms with Gasteiger partial charge < -0.3 is 15.6 Å². The summed E-state index contributed by atoms with van der Waals surface area (Å²) in [4.78, 5) is 15.8. The highest BCUT2D eigenvalue weighted by Gasteiger charge is 2.15. The van der Waals surface area contributed by atoms with Crippen molar-refractivity contribution in [2.24, 2.45) is 0 Å². The maximum Gasteiger partial charge on any atom is 0.308 e. The van der Waals surface area contributed by atoms with Crippen molar-refractivity contribution in [1.29, 1.82) is 0 Å². The highest BCUT2D eigenvalue weighted by atomic mass is 32.1. The summed E-state index contributed by atoms with van der Waals surface area (Å²) in [6.45, 7) is 4.48. The summed E-state index contributed by atoms with van der Waals surface area (Å²) in [6.07, 6.45) is -0.0730. The number of ether oxygens (including phenoxy) is 1. The molecule has 3 N–H and O–H groups in total. The molecule has 0 aliphatic rings. The van der Waals surface area contributed by atoms with E-state index < -0.39 is 5.97 Å². The number of hydrogen-bond acceptors (Lipinski definition) is 5. The number of carbonyl (C=O) groups is 1. The van der Waals surface area contributed by atoms with Gasteiger partial charge in [-0.2, -0.15) is 0 Å². The number of aliphatic carboxylic acids is 1. The van der Waals surface area contributed by atoms with E-state index in [1.54, 1.807) is 0 Å². The Hall–Kier alpha value is -2.08. The molecule has 2 aromatic rings. The Bertz CT molecular complexity index is 637. The van der Waals surface area contributed by atoms with Crippen molar-refractivity contribution < 1.29 is 14.6 Å². The molecule has 106 valence electrons. The third kappa shape index (κ3) is 3.08. The molecule has 6 heteroatoms. The Labute approximate surface area is 121 Å². The summed E-state index contributed by atoms with van der Waals surface area (Å²) >= 11 is 1.21. The monoisotopic (exact) mass is 292 g/mol. The third-order valence-electron chi connectivity index (χ3n) is 2.77. The van der Waals surface area contributed by atoms with Crippen LogP contribution in [-0.2, 0) is 11.2 Å². The number of thiazole rings is 1. The van der Waals surface area contributed by atoms with E-state index in [1.807, 2.05) is 32.0 Å². The summed E-state index contributed by atoms with van der Waals surface area (Å²) in [5.74, 6) is -0.0724. The van der Waals surface area contributed by atoms with Crippen LogP contribution >= 0.6 is 11.3 Å². The van der Waals surface area contributed by atoms with Gasteiger partial charge in [-0.3, -0.25) is 4.79 Å². The molecule has 0 unspecified atom stereocenters. The molecule has 0 amide bonds. The zero-order valence-corrected chi connectivity index (χ0v) is 12.2. The number of carboxylic acids is 1. The molecule has 0 bridgehead atoms. The van der Waals surface area contributed by atoms with Crippen molar-refractivity contribution in [3.63, 3.8) is 0 Å². The van der Waals surface area contributed by atoms with E-state index in [-0.39, 0.29) is 6.42 Å². The lowest BCUT2D eigenvalue weighted by atomic mass is 10.1. The minimum absolute atomic E-state index is 0.0730. The quantitative estimate of drug-likeness (QED) is 0.885. The van der Waals surface area contributed by atoms with E-state index in [4.69, 9.17) is 15.6 Å². The number of nitrogens with two attached hydrogens (primary N) is 1. The zero-order chi connectivity index (χ0) is 14.7. The molecule has 0 fully saturated rings. The first-order valence-electron chi connectivity index (χ1n) is 6.22. The molecule has 2 rings (SSSR count). The van der Waals surface area contributed by atoms with Gasteiger partial charge in [0.1, 0.15) is 5.75 Å². The zero-order valence-electron chi connectivity index (χ0n) is 11.3. The van der Waals surface area contributed by atoms with Crippen LogP contribution in [0.3, 0.4) is 0 Å². The smallest absolute Gasteiger partial charge is 0.308 e. The number of anilines is 1. The Kier molecular flexibility index (Phi) is 4.24. The van der Waals surface area contributed by atoms with Crippen molar-refractivity contribution in [1.82, 2.24) is 4.98 Å². The van der Waals surface area contributed by atoms with Gasteiger partial charge in [0.25, 0.3) is 0 Å². The van der Waals surface area contributed by atoms with E-state index >= 15 is 0 Å². The Morgan fingerprint density at radius 2 is 2.25 bits per heavy atom. The summed E-state index contributed by atoms with van der Waals surface area (Å²) in [6, 6.07) is 5.68. The number of aryl methyl sites for hydroxylation is 1. The van der Waals surface area contributed by atoms with E-state index in [9.17, 15) is 4.79 Å². The van der Waals surface area contributed by atoms with Gasteiger partial charge in [-0.15, -0.1) is 11.3 Å². The van der Waals surface area contributed by atoms with Gasteiger partial charge in [0.15, 0.2) is 5.13 Å². The Balaban J connectivity index is 2.41. The van der Waals surface area contributed by atoms with Crippen LogP contribution in [0.5, 0.6) is 5.75 Å². The molecule has 1 heterocycles. The predicted molar refractivity (Wildman–Crippen MR) is 79.2 cm³/mol. The summed E-state index contributed by atoms with van der Waals surface area (Å²) < 4.78 is 5.49. The van der Waals surface area contributed by atoms with Crippen LogP contribution < -0.4 is 10.5 Å². The first-order chi connectivity index (χ1) is 9.51. The lowest BCUT2D eigenvalue weighted by Gasteiger charge is -2.08. The number of benzene rings is 1. The second-order valence-corrected chi connectivity index (χ2v) is 5.42. The van der Waals surface area contributed by atoms with Crippen molar-refractivity contribution in [2.45, 2.75) is 20.3 Å². The maximum atomic E-state index is 10.9. The average Bonchev–Trinajstić information content (AvgIpc) is 2.72. The van der Waals surface area contributed by atoms with Crippen molar-refractivity contribution in [2.75, 3.05) is 12.3 Å². The number of nitrogen functional groups attached to an aromatic ring is 1. The molecule has 0 atom stereocenters. The fraction of sp³-hybridized carbons (Fsp3) is 0.286. The van der Waals surface area contributed by atoms with Crippen LogP contribution in [0, 0.1) is 6.92 Å². The van der Waals surface area contributed by atoms with Gasteiger partial charge in [-0.25, -0.2) is 4.98 Å². The van der Waals surface area contributed by atoms with Crippen LogP contribution in [-0.4, -0.2) is 22.7 Å². The number of hydrogen-bond donors (Lipinski definition) is 2. The van der Waals surface area contributed by atoms with Gasteiger partial charge in [0, 0.05) is 10.4 Å². The minimum atomic E-state index is -0.891. The Morgan fingerprint density at radius 3 is 2.85 bits per heavy atom. The van der Waals surface area contributed by atoms with Crippen LogP contribution in [0.1, 0.15) is 17.4 Å². The second-order valence-electron chi connectivity index (χ2n) is 4.31. The molecule has 0 saturated carbocycles. The molecular weight excluding hydrogens is 276 g/mol. The number of aromatic nitrogens is 1. The molecule has 1 aromatic carbocycles. The van der Waals surface area contributed by atoms with Gasteiger partial charge in [-0.05, 0) is 37.6 Å². The first kappa shape index (κ1) is 14.3. The molecule has 0 aliphatic carbocycles. The number of carboxylic acid groups (broad SMARTS) is 1. The molecule has 0 radical (unpaired) electrons. The predicted octanol–water partition coefficient (Wildman–Crippen LogP) is 2.73. The van der Waals surface area contributed by atoms with Gasteiger partial charge in [0.05, 0.1) is 18.7 Å². The normalized spacial score (nSPS) is 10.5. The fourth-order valence-electron chi connectivity index (χ4n) is 1.97. The molecule has 0 saturated heterocycles. The van der Waals surface area contributed by atoms with Crippen LogP contribution in [0.4, 0.5) is 5.13 Å². The van der Waals surface area contributed by atoms with Gasteiger partial charge >= 0.3 is 5.97 Å². The average molecular weight is 292 g/mol. The van der Waals surface area contributed by atoms with E-state index in [0.29, 0.717) is 22.3 Å². The van der Waals surface area contributed by atoms with E-state index in [1.165, 1.54) is 11.3 Å². The maximum absolute atomic E-state index is 10.9. The summed E-state index contributed by atoms with van der Waals surface area (Å²) in [7, 11) is 0. The highest BCUT2D eigenvalue weighted by molar-refractivity contribution is 7.15. The van der Waals surface area contributed by atoms with Gasteiger partial charge in [0.2, 0.25) is 0 Å². The standard InChI is InChI=1S/C14H16N2O3S/c1-3-19-10-5-4-9(6-8(10)2)13-11(7-12(17)18)20-14(15)16-13/h4-6H,3,7H2,1-2H3,(H2,15,16)(H,17,18). The minimum Gasteiger partial charge on any atom is -0.494 e. The van der Waals surface area contributed by atoms with Gasteiger partial charge in [-0.1, -0.05) is 0 Å². The van der Waals surface area contributed by atoms with Crippen LogP contribution in [0.2, 0.25) is 0 Å². The van der Waals surface area contributed by atoms with Crippen LogP contribution in [0.25, 0.3) is 11.3 Å². The summed E-state index contributed by atoms with van der Waals surface area (Å²) in [5, 5.41) is 9.31. The molecule has 20 heavy (non-hydrogen) atoms. The topological polar surface area (TPSA) is 85.4 Å². The molecule has 5 nitrogen and oxygen atoms in total. The largest absolute Gasteiger partial charge is 0.494 e. The lowest BCUT2D eigenvalue weighted by Crippen LogP contribution is -2.00.